The van der Waals surface area contributed by atoms with Crippen LogP contribution in [0.1, 0.15) is 21.5 Å². The summed E-state index contributed by atoms with van der Waals surface area (Å²) in [7, 11) is 0. The molecule has 1 aliphatic rings. The molecule has 7 heteroatoms. The number of carbonyl (C=O) groups is 4. The van der Waals surface area contributed by atoms with Gasteiger partial charge in [0.25, 0.3) is 17.7 Å². The molecule has 1 aliphatic heterocycles. The van der Waals surface area contributed by atoms with Crippen LogP contribution in [0.5, 0.6) is 0 Å². The van der Waals surface area contributed by atoms with Crippen molar-refractivity contribution in [3.05, 3.63) is 71.3 Å². The quantitative estimate of drug-likeness (QED) is 0.638. The lowest BCUT2D eigenvalue weighted by Gasteiger charge is -2.14. The molecular weight excluding hydrogens is 360 g/mol. The van der Waals surface area contributed by atoms with Crippen LogP contribution in [-0.2, 0) is 19.1 Å². The van der Waals surface area contributed by atoms with Crippen molar-refractivity contribution in [2.45, 2.75) is 13.8 Å². The molecule has 0 aromatic heterocycles. The Labute approximate surface area is 161 Å². The molecule has 0 unspecified atom stereocenters. The fourth-order valence-electron chi connectivity index (χ4n) is 2.70. The van der Waals surface area contributed by atoms with Crippen LogP contribution in [0.3, 0.4) is 0 Å². The first-order valence-electron chi connectivity index (χ1n) is 8.55. The van der Waals surface area contributed by atoms with Crippen LogP contribution in [0.4, 0.5) is 11.4 Å². The number of aryl methyl sites for hydroxylation is 2. The lowest BCUT2D eigenvalue weighted by Crippen LogP contribution is -2.29. The van der Waals surface area contributed by atoms with E-state index in [1.165, 1.54) is 24.3 Å². The highest BCUT2D eigenvalue weighted by Crippen LogP contribution is 2.21. The van der Waals surface area contributed by atoms with Gasteiger partial charge in [-0.25, -0.2) is 9.69 Å². The summed E-state index contributed by atoms with van der Waals surface area (Å²) < 4.78 is 5.05. The zero-order valence-corrected chi connectivity index (χ0v) is 15.4. The minimum absolute atomic E-state index is 0.129. The number of rotatable bonds is 5. The van der Waals surface area contributed by atoms with E-state index >= 15 is 0 Å². The lowest BCUT2D eigenvalue weighted by atomic mass is 10.1. The summed E-state index contributed by atoms with van der Waals surface area (Å²) in [6.45, 7) is 3.31. The molecule has 142 valence electrons. The first-order valence-corrected chi connectivity index (χ1v) is 8.55. The number of nitrogens with one attached hydrogen (secondary N) is 1. The van der Waals surface area contributed by atoms with E-state index in [1.54, 1.807) is 0 Å². The van der Waals surface area contributed by atoms with E-state index in [1.807, 2.05) is 32.0 Å². The van der Waals surface area contributed by atoms with Gasteiger partial charge in [0.15, 0.2) is 6.61 Å². The Morgan fingerprint density at radius 1 is 1.00 bits per heavy atom. The third-order valence-electron chi connectivity index (χ3n) is 4.15. The van der Waals surface area contributed by atoms with Crippen LogP contribution >= 0.6 is 0 Å². The van der Waals surface area contributed by atoms with E-state index in [9.17, 15) is 19.2 Å². The van der Waals surface area contributed by atoms with Crippen molar-refractivity contribution in [3.8, 4) is 0 Å². The van der Waals surface area contributed by atoms with E-state index < -0.39 is 30.3 Å². The molecule has 2 aromatic rings. The number of anilines is 2. The standard InChI is InChI=1S/C21H18N2O5/c1-13-6-7-14(2)17(10-13)22-18(24)12-28-21(27)15-4-3-5-16(11-15)23-19(25)8-9-20(23)26/h3-11H,12H2,1-2H3,(H,22,24). The van der Waals surface area contributed by atoms with E-state index in [2.05, 4.69) is 5.32 Å². The first kappa shape index (κ1) is 19.0. The molecule has 0 saturated carbocycles. The largest absolute Gasteiger partial charge is 0.452 e. The highest BCUT2D eigenvalue weighted by atomic mass is 16.5. The molecule has 2 aromatic carbocycles. The number of benzene rings is 2. The van der Waals surface area contributed by atoms with Gasteiger partial charge in [-0.1, -0.05) is 18.2 Å². The van der Waals surface area contributed by atoms with Gasteiger partial charge in [0.2, 0.25) is 0 Å². The Kier molecular flexibility index (Phi) is 5.35. The molecule has 0 spiro atoms. The summed E-state index contributed by atoms with van der Waals surface area (Å²) >= 11 is 0. The number of ether oxygens (including phenoxy) is 1. The first-order chi connectivity index (χ1) is 13.3. The fraction of sp³-hybridized carbons (Fsp3) is 0.143. The average molecular weight is 378 g/mol. The molecule has 28 heavy (non-hydrogen) atoms. The van der Waals surface area contributed by atoms with Crippen molar-refractivity contribution in [3.63, 3.8) is 0 Å². The topological polar surface area (TPSA) is 92.8 Å². The third kappa shape index (κ3) is 4.15. The van der Waals surface area contributed by atoms with Gasteiger partial charge in [0.1, 0.15) is 0 Å². The molecule has 0 aliphatic carbocycles. The Morgan fingerprint density at radius 3 is 2.43 bits per heavy atom. The second kappa shape index (κ2) is 7.87. The van der Waals surface area contributed by atoms with Crippen molar-refractivity contribution < 1.29 is 23.9 Å². The Bertz CT molecular complexity index is 992. The van der Waals surface area contributed by atoms with Crippen LogP contribution in [-0.4, -0.2) is 30.3 Å². The molecule has 0 fully saturated rings. The SMILES string of the molecule is Cc1ccc(C)c(NC(=O)COC(=O)c2cccc(N3C(=O)C=CC3=O)c2)c1. The van der Waals surface area contributed by atoms with Gasteiger partial charge in [-0.3, -0.25) is 14.4 Å². The predicted octanol–water partition coefficient (Wildman–Crippen LogP) is 2.53. The highest BCUT2D eigenvalue weighted by Gasteiger charge is 2.25. The predicted molar refractivity (Wildman–Crippen MR) is 103 cm³/mol. The summed E-state index contributed by atoms with van der Waals surface area (Å²) in [6.07, 6.45) is 2.32. The molecule has 0 saturated heterocycles. The van der Waals surface area contributed by atoms with Gasteiger partial charge in [0, 0.05) is 17.8 Å². The van der Waals surface area contributed by atoms with Crippen molar-refractivity contribution >= 4 is 35.1 Å². The van der Waals surface area contributed by atoms with E-state index in [0.29, 0.717) is 5.69 Å². The maximum atomic E-state index is 12.2. The second-order valence-corrected chi connectivity index (χ2v) is 6.34. The van der Waals surface area contributed by atoms with Gasteiger partial charge >= 0.3 is 5.97 Å². The van der Waals surface area contributed by atoms with Gasteiger partial charge in [-0.05, 0) is 49.2 Å². The normalized spacial score (nSPS) is 13.0. The number of hydrogen-bond acceptors (Lipinski definition) is 5. The molecule has 1 N–H and O–H groups in total. The molecule has 0 bridgehead atoms. The zero-order chi connectivity index (χ0) is 20.3. The molecule has 0 radical (unpaired) electrons. The van der Waals surface area contributed by atoms with Gasteiger partial charge in [-0.2, -0.15) is 0 Å². The minimum Gasteiger partial charge on any atom is -0.452 e. The fourth-order valence-corrected chi connectivity index (χ4v) is 2.70. The van der Waals surface area contributed by atoms with Crippen LogP contribution in [0, 0.1) is 13.8 Å². The van der Waals surface area contributed by atoms with Crippen LogP contribution in [0.2, 0.25) is 0 Å². The number of nitrogens with zero attached hydrogens (tertiary/aromatic N) is 1. The molecule has 3 rings (SSSR count). The third-order valence-corrected chi connectivity index (χ3v) is 4.15. The highest BCUT2D eigenvalue weighted by molar-refractivity contribution is 6.28. The summed E-state index contributed by atoms with van der Waals surface area (Å²) in [5.41, 5.74) is 2.93. The zero-order valence-electron chi connectivity index (χ0n) is 15.4. The molecular formula is C21H18N2O5. The second-order valence-electron chi connectivity index (χ2n) is 6.34. The number of carbonyl (C=O) groups excluding carboxylic acids is 4. The van der Waals surface area contributed by atoms with Crippen molar-refractivity contribution in [2.75, 3.05) is 16.8 Å². The van der Waals surface area contributed by atoms with E-state index in [4.69, 9.17) is 4.74 Å². The lowest BCUT2D eigenvalue weighted by molar-refractivity contribution is -0.120. The van der Waals surface area contributed by atoms with Gasteiger partial charge in [0.05, 0.1) is 11.3 Å². The van der Waals surface area contributed by atoms with Crippen LogP contribution < -0.4 is 10.2 Å². The molecule has 1 heterocycles. The Morgan fingerprint density at radius 2 is 1.71 bits per heavy atom. The van der Waals surface area contributed by atoms with E-state index in [-0.39, 0.29) is 11.3 Å². The van der Waals surface area contributed by atoms with Crippen LogP contribution in [0.25, 0.3) is 0 Å². The Balaban J connectivity index is 1.63. The maximum absolute atomic E-state index is 12.2. The molecule has 3 amide bonds. The van der Waals surface area contributed by atoms with Crippen molar-refractivity contribution in [1.29, 1.82) is 0 Å². The molecule has 7 nitrogen and oxygen atoms in total. The number of amides is 3. The average Bonchev–Trinajstić information content (AvgIpc) is 3.01. The number of hydrogen-bond donors (Lipinski definition) is 1. The van der Waals surface area contributed by atoms with Crippen molar-refractivity contribution in [1.82, 2.24) is 0 Å². The summed E-state index contributed by atoms with van der Waals surface area (Å²) in [5, 5.41) is 2.70. The number of imide groups is 1. The van der Waals surface area contributed by atoms with Crippen molar-refractivity contribution in [2.24, 2.45) is 0 Å². The maximum Gasteiger partial charge on any atom is 0.338 e. The van der Waals surface area contributed by atoms with Gasteiger partial charge in [-0.15, -0.1) is 0 Å². The monoisotopic (exact) mass is 378 g/mol. The minimum atomic E-state index is -0.731. The molecule has 0 atom stereocenters. The van der Waals surface area contributed by atoms with E-state index in [0.717, 1.165) is 28.2 Å². The number of esters is 1. The van der Waals surface area contributed by atoms with Crippen LogP contribution in [0.15, 0.2) is 54.6 Å². The summed E-state index contributed by atoms with van der Waals surface area (Å²) in [6, 6.07) is 11.6. The smallest absolute Gasteiger partial charge is 0.338 e. The summed E-state index contributed by atoms with van der Waals surface area (Å²) in [4.78, 5) is 48.8. The van der Waals surface area contributed by atoms with Gasteiger partial charge < -0.3 is 10.1 Å². The summed E-state index contributed by atoms with van der Waals surface area (Å²) in [5.74, 6) is -2.16. The Hall–Kier alpha value is -3.74.